The maximum absolute atomic E-state index is 9.95. The fraction of sp³-hybridized carbons (Fsp3) is 1.00. The molecule has 0 rings (SSSR count). The summed E-state index contributed by atoms with van der Waals surface area (Å²) in [5.41, 5.74) is 0. The second-order valence-electron chi connectivity index (χ2n) is 2.00. The van der Waals surface area contributed by atoms with Gasteiger partial charge in [0.05, 0.1) is 0 Å². The molecule has 0 aliphatic rings. The first kappa shape index (κ1) is 8.36. The van der Waals surface area contributed by atoms with Crippen molar-refractivity contribution in [1.29, 1.82) is 0 Å². The fourth-order valence-corrected chi connectivity index (χ4v) is 0.482. The summed E-state index contributed by atoms with van der Waals surface area (Å²) in [5.74, 6) is 0. The first-order valence-corrected chi connectivity index (χ1v) is 2.91. The lowest BCUT2D eigenvalue weighted by Gasteiger charge is -2.07. The third-order valence-corrected chi connectivity index (χ3v) is 1.31. The molecule has 0 spiro atoms. The molecule has 0 fully saturated rings. The average molecular weight is 133 g/mol. The highest BCUT2D eigenvalue weighted by molar-refractivity contribution is 4.58. The molecule has 2 atom stereocenters. The number of aliphatic hydroxyl groups excluding tert-OH is 1. The number of hydrogen-bond donors (Lipinski definition) is 1. The van der Waals surface area contributed by atoms with E-state index < -0.39 is 17.1 Å². The van der Waals surface area contributed by atoms with E-state index in [0.29, 0.717) is 6.42 Å². The minimum absolute atomic E-state index is 0.433. The van der Waals surface area contributed by atoms with Gasteiger partial charge in [-0.1, -0.05) is 6.92 Å². The van der Waals surface area contributed by atoms with E-state index in [-0.39, 0.29) is 0 Å². The molecular formula is C5H11NO3. The van der Waals surface area contributed by atoms with Gasteiger partial charge in [-0.05, 0) is 6.42 Å². The van der Waals surface area contributed by atoms with Crippen molar-refractivity contribution in [2.24, 2.45) is 0 Å². The van der Waals surface area contributed by atoms with E-state index in [1.165, 1.54) is 6.92 Å². The standard InChI is InChI=1S/C5H11NO3/c1-3-5(7)4(2)6(8)9/h4-5,7H,3H2,1-2H3/t4-,5+/m1/s1. The topological polar surface area (TPSA) is 63.4 Å². The van der Waals surface area contributed by atoms with Crippen molar-refractivity contribution in [3.8, 4) is 0 Å². The van der Waals surface area contributed by atoms with E-state index >= 15 is 0 Å². The Hall–Kier alpha value is -0.640. The van der Waals surface area contributed by atoms with Crippen LogP contribution in [0.25, 0.3) is 0 Å². The number of nitro groups is 1. The highest BCUT2D eigenvalue weighted by atomic mass is 16.6. The summed E-state index contributed by atoms with van der Waals surface area (Å²) in [6.45, 7) is 3.11. The molecule has 9 heavy (non-hydrogen) atoms. The lowest BCUT2D eigenvalue weighted by molar-refractivity contribution is -0.529. The molecule has 0 unspecified atom stereocenters. The molecule has 0 heterocycles. The Balaban J connectivity index is 3.72. The quantitative estimate of drug-likeness (QED) is 0.448. The second-order valence-corrected chi connectivity index (χ2v) is 2.00. The van der Waals surface area contributed by atoms with E-state index in [1.807, 2.05) is 0 Å². The van der Waals surface area contributed by atoms with Gasteiger partial charge >= 0.3 is 0 Å². The van der Waals surface area contributed by atoms with E-state index in [1.54, 1.807) is 6.92 Å². The first-order chi connectivity index (χ1) is 4.09. The molecular weight excluding hydrogens is 122 g/mol. The fourth-order valence-electron chi connectivity index (χ4n) is 0.482. The number of hydrogen-bond acceptors (Lipinski definition) is 3. The average Bonchev–Trinajstić information content (AvgIpc) is 1.84. The van der Waals surface area contributed by atoms with Gasteiger partial charge in [-0.15, -0.1) is 0 Å². The number of nitrogens with zero attached hydrogens (tertiary/aromatic N) is 1. The molecule has 0 aromatic carbocycles. The van der Waals surface area contributed by atoms with Crippen LogP contribution in [-0.4, -0.2) is 22.2 Å². The van der Waals surface area contributed by atoms with Crippen LogP contribution in [0.3, 0.4) is 0 Å². The molecule has 0 bridgehead atoms. The maximum Gasteiger partial charge on any atom is 0.235 e. The van der Waals surface area contributed by atoms with Gasteiger partial charge in [0.25, 0.3) is 0 Å². The van der Waals surface area contributed by atoms with Gasteiger partial charge in [-0.3, -0.25) is 10.1 Å². The van der Waals surface area contributed by atoms with Gasteiger partial charge in [0.15, 0.2) is 0 Å². The molecule has 0 aliphatic carbocycles. The molecule has 0 aliphatic heterocycles. The summed E-state index contributed by atoms with van der Waals surface area (Å²) in [6.07, 6.45) is -0.373. The van der Waals surface area contributed by atoms with Crippen molar-refractivity contribution in [1.82, 2.24) is 0 Å². The summed E-state index contributed by atoms with van der Waals surface area (Å²) < 4.78 is 0. The lowest BCUT2D eigenvalue weighted by atomic mass is 10.1. The van der Waals surface area contributed by atoms with Crippen LogP contribution in [0.4, 0.5) is 0 Å². The van der Waals surface area contributed by atoms with Crippen molar-refractivity contribution < 1.29 is 10.0 Å². The Labute approximate surface area is 53.6 Å². The molecule has 0 radical (unpaired) electrons. The Morgan fingerprint density at radius 3 is 2.33 bits per heavy atom. The predicted molar refractivity (Wildman–Crippen MR) is 32.8 cm³/mol. The second kappa shape index (κ2) is 3.40. The summed E-state index contributed by atoms with van der Waals surface area (Å²) in [7, 11) is 0. The zero-order chi connectivity index (χ0) is 7.44. The van der Waals surface area contributed by atoms with Crippen molar-refractivity contribution in [3.05, 3.63) is 10.1 Å². The van der Waals surface area contributed by atoms with E-state index in [4.69, 9.17) is 5.11 Å². The zero-order valence-electron chi connectivity index (χ0n) is 5.57. The van der Waals surface area contributed by atoms with Gasteiger partial charge in [-0.2, -0.15) is 0 Å². The summed E-state index contributed by atoms with van der Waals surface area (Å²) in [6, 6.07) is -0.838. The highest BCUT2D eigenvalue weighted by Crippen LogP contribution is 1.99. The van der Waals surface area contributed by atoms with Crippen LogP contribution in [0.1, 0.15) is 20.3 Å². The van der Waals surface area contributed by atoms with Gasteiger partial charge in [-0.25, -0.2) is 0 Å². The smallest absolute Gasteiger partial charge is 0.235 e. The van der Waals surface area contributed by atoms with Crippen LogP contribution in [-0.2, 0) is 0 Å². The summed E-state index contributed by atoms with van der Waals surface area (Å²) >= 11 is 0. The van der Waals surface area contributed by atoms with Gasteiger partial charge in [0, 0.05) is 11.8 Å². The SMILES string of the molecule is CC[C@H](O)[C@@H](C)[N+](=O)[O-]. The third-order valence-electron chi connectivity index (χ3n) is 1.31. The lowest BCUT2D eigenvalue weighted by Crippen LogP contribution is -2.29. The molecule has 0 aromatic heterocycles. The summed E-state index contributed by atoms with van der Waals surface area (Å²) in [5, 5.41) is 18.8. The number of aliphatic hydroxyl groups is 1. The van der Waals surface area contributed by atoms with Gasteiger partial charge < -0.3 is 5.11 Å². The highest BCUT2D eigenvalue weighted by Gasteiger charge is 2.21. The van der Waals surface area contributed by atoms with Gasteiger partial charge in [0.1, 0.15) is 6.10 Å². The van der Waals surface area contributed by atoms with Crippen LogP contribution in [0, 0.1) is 10.1 Å². The monoisotopic (exact) mass is 133 g/mol. The Morgan fingerprint density at radius 2 is 2.22 bits per heavy atom. The molecule has 0 saturated heterocycles. The minimum Gasteiger partial charge on any atom is -0.386 e. The van der Waals surface area contributed by atoms with Crippen molar-refractivity contribution in [2.45, 2.75) is 32.4 Å². The first-order valence-electron chi connectivity index (χ1n) is 2.91. The molecule has 0 amide bonds. The van der Waals surface area contributed by atoms with Crippen LogP contribution in [0.2, 0.25) is 0 Å². The molecule has 1 N–H and O–H groups in total. The van der Waals surface area contributed by atoms with Crippen molar-refractivity contribution >= 4 is 0 Å². The van der Waals surface area contributed by atoms with E-state index in [0.717, 1.165) is 0 Å². The molecule has 4 nitrogen and oxygen atoms in total. The van der Waals surface area contributed by atoms with Crippen molar-refractivity contribution in [2.75, 3.05) is 0 Å². The van der Waals surface area contributed by atoms with E-state index in [9.17, 15) is 10.1 Å². The maximum atomic E-state index is 9.95. The minimum atomic E-state index is -0.838. The van der Waals surface area contributed by atoms with Crippen LogP contribution in [0.15, 0.2) is 0 Å². The molecule has 54 valence electrons. The Kier molecular flexibility index (Phi) is 3.16. The van der Waals surface area contributed by atoms with E-state index in [2.05, 4.69) is 0 Å². The van der Waals surface area contributed by atoms with Crippen LogP contribution >= 0.6 is 0 Å². The van der Waals surface area contributed by atoms with Gasteiger partial charge in [0.2, 0.25) is 6.04 Å². The molecule has 0 saturated carbocycles. The van der Waals surface area contributed by atoms with Crippen LogP contribution in [0.5, 0.6) is 0 Å². The third kappa shape index (κ3) is 2.41. The normalized spacial score (nSPS) is 16.8. The zero-order valence-corrected chi connectivity index (χ0v) is 5.57. The Bertz CT molecular complexity index is 104. The number of rotatable bonds is 3. The largest absolute Gasteiger partial charge is 0.386 e. The summed E-state index contributed by atoms with van der Waals surface area (Å²) in [4.78, 5) is 9.47. The van der Waals surface area contributed by atoms with Crippen molar-refractivity contribution in [3.63, 3.8) is 0 Å². The molecule has 0 aromatic rings. The van der Waals surface area contributed by atoms with Crippen LogP contribution < -0.4 is 0 Å². The molecule has 4 heteroatoms. The predicted octanol–water partition coefficient (Wildman–Crippen LogP) is 0.422. The Morgan fingerprint density at radius 1 is 1.78 bits per heavy atom.